The molecular formula is C49H54N10O6. The molecule has 0 spiro atoms. The number of nitrogen functional groups attached to an aromatic ring is 1. The van der Waals surface area contributed by atoms with Crippen molar-refractivity contribution in [3.05, 3.63) is 90.3 Å². The molecule has 65 heavy (non-hydrogen) atoms. The average molecular weight is 879 g/mol. The number of para-hydroxylation sites is 1. The van der Waals surface area contributed by atoms with Crippen molar-refractivity contribution in [2.45, 2.75) is 82.7 Å². The maximum atomic E-state index is 14.0. The van der Waals surface area contributed by atoms with Crippen LogP contribution in [0.3, 0.4) is 0 Å². The largest absolute Gasteiger partial charge is 0.457 e. The van der Waals surface area contributed by atoms with E-state index in [0.29, 0.717) is 64.3 Å². The van der Waals surface area contributed by atoms with E-state index in [1.807, 2.05) is 75.1 Å². The molecule has 3 aromatic carbocycles. The first kappa shape index (κ1) is 42.1. The van der Waals surface area contributed by atoms with Crippen LogP contribution in [0.1, 0.15) is 97.4 Å². The third-order valence-corrected chi connectivity index (χ3v) is 14.2. The van der Waals surface area contributed by atoms with E-state index in [1.165, 1.54) is 25.6 Å². The van der Waals surface area contributed by atoms with E-state index in [-0.39, 0.29) is 30.8 Å². The first-order chi connectivity index (χ1) is 31.7. The maximum Gasteiger partial charge on any atom is 0.320 e. The van der Waals surface area contributed by atoms with Crippen LogP contribution in [0.4, 0.5) is 16.3 Å². The van der Waals surface area contributed by atoms with Crippen molar-refractivity contribution in [3.63, 3.8) is 0 Å². The van der Waals surface area contributed by atoms with Gasteiger partial charge in [0, 0.05) is 56.9 Å². The Morgan fingerprint density at radius 2 is 1.46 bits per heavy atom. The number of imide groups is 2. The van der Waals surface area contributed by atoms with Gasteiger partial charge in [-0.05, 0) is 111 Å². The summed E-state index contributed by atoms with van der Waals surface area (Å²) >= 11 is 0. The zero-order valence-electron chi connectivity index (χ0n) is 36.4. The molecule has 2 aromatic heterocycles. The Bertz CT molecular complexity index is 2620. The Balaban J connectivity index is 0.686. The number of ether oxygens (including phenoxy) is 1. The maximum absolute atomic E-state index is 14.0. The number of hydrogen-bond donors (Lipinski definition) is 2. The molecule has 0 bridgehead atoms. The molecule has 0 radical (unpaired) electrons. The number of carbonyl (C=O) groups is 5. The van der Waals surface area contributed by atoms with Crippen molar-refractivity contribution in [1.82, 2.24) is 39.8 Å². The lowest BCUT2D eigenvalue weighted by molar-refractivity contribution is -0.136. The summed E-state index contributed by atoms with van der Waals surface area (Å²) in [7, 11) is 0. The van der Waals surface area contributed by atoms with Crippen molar-refractivity contribution in [1.29, 1.82) is 0 Å². The molecule has 0 aliphatic carbocycles. The fraction of sp³-hybridized carbons (Fsp3) is 0.429. The summed E-state index contributed by atoms with van der Waals surface area (Å²) in [5.41, 5.74) is 10.2. The van der Waals surface area contributed by atoms with Crippen molar-refractivity contribution < 1.29 is 28.7 Å². The Morgan fingerprint density at radius 3 is 2.20 bits per heavy atom. The van der Waals surface area contributed by atoms with Gasteiger partial charge in [-0.2, -0.15) is 5.10 Å². The second-order valence-electron chi connectivity index (χ2n) is 18.2. The number of carbonyl (C=O) groups excluding carboxylic acids is 5. The summed E-state index contributed by atoms with van der Waals surface area (Å²) in [5.74, 6) is 1.14. The number of aromatic nitrogens is 4. The topological polar surface area (TPSA) is 189 Å². The normalized spacial score (nSPS) is 21.0. The first-order valence-corrected chi connectivity index (χ1v) is 23.1. The van der Waals surface area contributed by atoms with E-state index in [4.69, 9.17) is 15.6 Å². The summed E-state index contributed by atoms with van der Waals surface area (Å²) in [6.45, 7) is 4.55. The smallest absolute Gasteiger partial charge is 0.320 e. The third kappa shape index (κ3) is 8.49. The number of piperidine rings is 4. The van der Waals surface area contributed by atoms with Gasteiger partial charge in [0.1, 0.15) is 35.4 Å². The van der Waals surface area contributed by atoms with E-state index < -0.39 is 23.8 Å². The van der Waals surface area contributed by atoms with Crippen molar-refractivity contribution in [3.8, 4) is 22.8 Å². The third-order valence-electron chi connectivity index (χ3n) is 14.2. The molecule has 7 heterocycles. The molecule has 16 heteroatoms. The zero-order chi connectivity index (χ0) is 44.6. The highest BCUT2D eigenvalue weighted by molar-refractivity contribution is 6.23. The van der Waals surface area contributed by atoms with E-state index in [2.05, 4.69) is 20.2 Å². The quantitative estimate of drug-likeness (QED) is 0.140. The van der Waals surface area contributed by atoms with E-state index in [1.54, 1.807) is 12.1 Å². The minimum absolute atomic E-state index is 0.0514. The van der Waals surface area contributed by atoms with Crippen LogP contribution in [0.25, 0.3) is 22.3 Å². The Hall–Kier alpha value is -6.84. The number of amides is 6. The molecule has 5 aliphatic rings. The molecule has 2 atom stereocenters. The second kappa shape index (κ2) is 18.0. The highest BCUT2D eigenvalue weighted by Gasteiger charge is 2.45. The minimum Gasteiger partial charge on any atom is -0.457 e. The predicted molar refractivity (Wildman–Crippen MR) is 243 cm³/mol. The molecule has 4 fully saturated rings. The summed E-state index contributed by atoms with van der Waals surface area (Å²) < 4.78 is 7.96. The van der Waals surface area contributed by atoms with Crippen molar-refractivity contribution in [2.75, 3.05) is 49.9 Å². The fourth-order valence-corrected chi connectivity index (χ4v) is 10.5. The van der Waals surface area contributed by atoms with Crippen LogP contribution in [0.5, 0.6) is 11.5 Å². The number of nitrogens with two attached hydrogens (primary N) is 1. The first-order valence-electron chi connectivity index (χ1n) is 23.1. The van der Waals surface area contributed by atoms with Crippen LogP contribution < -0.4 is 20.7 Å². The number of anilines is 2. The number of hydrogen-bond acceptors (Lipinski definition) is 11. The van der Waals surface area contributed by atoms with Crippen LogP contribution >= 0.6 is 0 Å². The molecular weight excluding hydrogens is 825 g/mol. The number of rotatable bonds is 10. The van der Waals surface area contributed by atoms with E-state index in [0.717, 1.165) is 86.6 Å². The molecule has 4 saturated heterocycles. The lowest BCUT2D eigenvalue weighted by Gasteiger charge is -2.39. The standard InChI is InChI=1S/C49H54N10O6/c50-44-42-43(33-11-14-37(15-12-33)65-36-9-2-1-3-10-36)54-59(45(42)52-30-51-44)35-8-5-23-57(29-35)49(64)56-26-21-32(22-27-56)7-4-6-31-19-24-55(25-20-31)34-13-16-38-39(28-34)48(63)58(47(38)62)40-17-18-41(60)53-46(40)61/h1-3,9-16,28,30-32,35,40H,4-8,17-27,29H2,(H2,50,51,52)(H,53,60,61)/t35-,40?/m1/s1. The van der Waals surface area contributed by atoms with E-state index >= 15 is 0 Å². The molecule has 3 N–H and O–H groups in total. The van der Waals surface area contributed by atoms with Crippen LogP contribution in [-0.2, 0) is 9.59 Å². The van der Waals surface area contributed by atoms with Gasteiger partial charge in [-0.1, -0.05) is 37.5 Å². The Kier molecular flexibility index (Phi) is 11.6. The zero-order valence-corrected chi connectivity index (χ0v) is 36.4. The summed E-state index contributed by atoms with van der Waals surface area (Å²) in [6, 6.07) is 21.9. The monoisotopic (exact) mass is 878 g/mol. The molecule has 5 aromatic rings. The Morgan fingerprint density at radius 1 is 0.754 bits per heavy atom. The van der Waals surface area contributed by atoms with Gasteiger partial charge in [-0.3, -0.25) is 29.4 Å². The lowest BCUT2D eigenvalue weighted by Crippen LogP contribution is -2.54. The highest BCUT2D eigenvalue weighted by atomic mass is 16.5. The van der Waals surface area contributed by atoms with Crippen LogP contribution in [0, 0.1) is 11.8 Å². The SMILES string of the molecule is Nc1ncnc2c1c(-c1ccc(Oc3ccccc3)cc1)nn2[C@@H]1CCCN(C(=O)N2CCC(CCCC3CCN(c4ccc5c(c4)C(=O)N(C4CCC(=O)NC4=O)C5=O)CC3)CC2)C1. The average Bonchev–Trinajstić information content (AvgIpc) is 3.85. The molecule has 10 rings (SSSR count). The fourth-order valence-electron chi connectivity index (χ4n) is 10.5. The predicted octanol–water partition coefficient (Wildman–Crippen LogP) is 6.82. The second-order valence-corrected chi connectivity index (χ2v) is 18.2. The van der Waals surface area contributed by atoms with E-state index in [9.17, 15) is 24.0 Å². The number of likely N-dealkylation sites (tertiary alicyclic amines) is 2. The number of benzene rings is 3. The summed E-state index contributed by atoms with van der Waals surface area (Å²) in [5, 5.41) is 8.05. The van der Waals surface area contributed by atoms with Gasteiger partial charge in [-0.25, -0.2) is 19.4 Å². The minimum atomic E-state index is -0.969. The molecule has 336 valence electrons. The van der Waals surface area contributed by atoms with Gasteiger partial charge in [-0.15, -0.1) is 0 Å². The molecule has 1 unspecified atom stereocenters. The van der Waals surface area contributed by atoms with Crippen LogP contribution in [0.15, 0.2) is 79.1 Å². The number of fused-ring (bicyclic) bond motifs is 2. The lowest BCUT2D eigenvalue weighted by atomic mass is 9.86. The van der Waals surface area contributed by atoms with Crippen molar-refractivity contribution in [2.24, 2.45) is 11.8 Å². The molecule has 6 amide bonds. The van der Waals surface area contributed by atoms with Crippen LogP contribution in [0.2, 0.25) is 0 Å². The Labute approximate surface area is 377 Å². The number of urea groups is 1. The van der Waals surface area contributed by atoms with Crippen LogP contribution in [-0.4, -0.2) is 109 Å². The number of nitrogens with one attached hydrogen (secondary N) is 1. The van der Waals surface area contributed by atoms with Gasteiger partial charge in [0.25, 0.3) is 11.8 Å². The summed E-state index contributed by atoms with van der Waals surface area (Å²) in [6.07, 6.45) is 11.1. The van der Waals surface area contributed by atoms with Crippen molar-refractivity contribution >= 4 is 52.2 Å². The molecule has 5 aliphatic heterocycles. The van der Waals surface area contributed by atoms with Gasteiger partial charge in [0.15, 0.2) is 5.65 Å². The van der Waals surface area contributed by atoms with Gasteiger partial charge < -0.3 is 25.2 Å². The number of nitrogens with zero attached hydrogens (tertiary/aromatic N) is 8. The summed E-state index contributed by atoms with van der Waals surface area (Å²) in [4.78, 5) is 80.9. The highest BCUT2D eigenvalue weighted by Crippen LogP contribution is 2.37. The molecule has 0 saturated carbocycles. The van der Waals surface area contributed by atoms with Gasteiger partial charge in [0.05, 0.1) is 22.6 Å². The molecule has 16 nitrogen and oxygen atoms in total. The van der Waals surface area contributed by atoms with Gasteiger partial charge >= 0.3 is 6.03 Å². The van der Waals surface area contributed by atoms with Gasteiger partial charge in [0.2, 0.25) is 11.8 Å².